The van der Waals surface area contributed by atoms with E-state index in [1.165, 1.54) is 0 Å². The van der Waals surface area contributed by atoms with Crippen LogP contribution in [0.25, 0.3) is 21.2 Å². The second-order valence-corrected chi connectivity index (χ2v) is 14.8. The maximum Gasteiger partial charge on any atom is 0.407 e. The van der Waals surface area contributed by atoms with Crippen LogP contribution >= 0.6 is 11.3 Å². The lowest BCUT2D eigenvalue weighted by Gasteiger charge is -2.31. The van der Waals surface area contributed by atoms with Crippen molar-refractivity contribution in [2.45, 2.75) is 71.4 Å². The first kappa shape index (κ1) is 37.1. The van der Waals surface area contributed by atoms with Crippen LogP contribution in [0.3, 0.4) is 0 Å². The standard InChI is InChI=1S/C43H48N2O6S/c1-6-48-40(49-7-2)26-45(25-30-28-52-39-19-13-12-14-32(30)39)41(46)38(24-29-20-22-31(23-21-29)51-43(3,4)5)44-42(47)50-27-37-35-17-10-8-15-33(35)34-16-9-11-18-36(34)37/h8-23,28,37-38,40H,6-7,24-27H2,1-5H3,(H,44,47). The molecule has 1 aliphatic rings. The molecule has 0 bridgehead atoms. The number of thiophene rings is 1. The predicted molar refractivity (Wildman–Crippen MR) is 207 cm³/mol. The summed E-state index contributed by atoms with van der Waals surface area (Å²) in [7, 11) is 0. The number of benzene rings is 4. The van der Waals surface area contributed by atoms with Gasteiger partial charge in [0.15, 0.2) is 6.29 Å². The van der Waals surface area contributed by atoms with Gasteiger partial charge in [0, 0.05) is 36.8 Å². The molecule has 0 fully saturated rings. The molecule has 8 nitrogen and oxygen atoms in total. The minimum absolute atomic E-state index is 0.107. The molecule has 1 heterocycles. The van der Waals surface area contributed by atoms with E-state index in [0.29, 0.717) is 19.8 Å². The molecule has 0 aliphatic heterocycles. The first-order valence-corrected chi connectivity index (χ1v) is 18.9. The maximum absolute atomic E-state index is 14.8. The molecule has 0 radical (unpaired) electrons. The van der Waals surface area contributed by atoms with E-state index >= 15 is 0 Å². The van der Waals surface area contributed by atoms with Crippen LogP contribution in [0.15, 0.2) is 102 Å². The van der Waals surface area contributed by atoms with Crippen molar-refractivity contribution in [2.24, 2.45) is 0 Å². The fraction of sp³-hybridized carbons (Fsp3) is 0.349. The fourth-order valence-corrected chi connectivity index (χ4v) is 7.74. The van der Waals surface area contributed by atoms with Crippen molar-refractivity contribution in [3.8, 4) is 16.9 Å². The molecule has 9 heteroatoms. The molecule has 1 atom stereocenters. The summed E-state index contributed by atoms with van der Waals surface area (Å²) in [5.74, 6) is 0.359. The third-order valence-electron chi connectivity index (χ3n) is 9.03. The highest BCUT2D eigenvalue weighted by atomic mass is 32.1. The highest BCUT2D eigenvalue weighted by Gasteiger charge is 2.32. The zero-order valence-corrected chi connectivity index (χ0v) is 31.4. The van der Waals surface area contributed by atoms with Gasteiger partial charge in [0.1, 0.15) is 24.0 Å². The van der Waals surface area contributed by atoms with Crippen molar-refractivity contribution in [1.82, 2.24) is 10.2 Å². The Morgan fingerprint density at radius 3 is 2.08 bits per heavy atom. The number of hydrogen-bond acceptors (Lipinski definition) is 7. The van der Waals surface area contributed by atoms with E-state index < -0.39 is 18.4 Å². The number of fused-ring (bicyclic) bond motifs is 4. The van der Waals surface area contributed by atoms with Gasteiger partial charge in [-0.3, -0.25) is 4.79 Å². The third kappa shape index (κ3) is 9.02. The molecule has 5 aromatic rings. The molecule has 4 aromatic carbocycles. The van der Waals surface area contributed by atoms with E-state index in [-0.39, 0.29) is 37.0 Å². The number of nitrogens with zero attached hydrogens (tertiary/aromatic N) is 1. The number of nitrogens with one attached hydrogen (secondary N) is 1. The van der Waals surface area contributed by atoms with Crippen molar-refractivity contribution in [3.63, 3.8) is 0 Å². The highest BCUT2D eigenvalue weighted by molar-refractivity contribution is 7.17. The number of alkyl carbamates (subject to hydrolysis) is 1. The Morgan fingerprint density at radius 1 is 0.827 bits per heavy atom. The molecule has 2 amide bonds. The van der Waals surface area contributed by atoms with Gasteiger partial charge in [-0.2, -0.15) is 0 Å². The topological polar surface area (TPSA) is 86.3 Å². The molecule has 1 N–H and O–H groups in total. The minimum Gasteiger partial charge on any atom is -0.488 e. The Balaban J connectivity index is 1.26. The summed E-state index contributed by atoms with van der Waals surface area (Å²) in [6.45, 7) is 11.3. The van der Waals surface area contributed by atoms with Crippen LogP contribution in [0.1, 0.15) is 62.8 Å². The van der Waals surface area contributed by atoms with Crippen LogP contribution in [0, 0.1) is 0 Å². The number of carbonyl (C=O) groups excluding carboxylic acids is 2. The number of ether oxygens (including phenoxy) is 4. The number of amides is 2. The Bertz CT molecular complexity index is 1920. The molecule has 0 spiro atoms. The van der Waals surface area contributed by atoms with Gasteiger partial charge in [-0.05, 0) is 97.0 Å². The smallest absolute Gasteiger partial charge is 0.407 e. The molecular weight excluding hydrogens is 673 g/mol. The van der Waals surface area contributed by atoms with Gasteiger partial charge in [-0.15, -0.1) is 11.3 Å². The van der Waals surface area contributed by atoms with Crippen LogP contribution in [-0.4, -0.2) is 61.2 Å². The molecule has 6 rings (SSSR count). The second kappa shape index (κ2) is 16.8. The summed E-state index contributed by atoms with van der Waals surface area (Å²) in [5.41, 5.74) is 6.07. The number of rotatable bonds is 15. The average Bonchev–Trinajstić information content (AvgIpc) is 3.69. The second-order valence-electron chi connectivity index (χ2n) is 13.9. The number of hydrogen-bond donors (Lipinski definition) is 1. The Labute approximate surface area is 310 Å². The lowest BCUT2D eigenvalue weighted by Crippen LogP contribution is -2.51. The van der Waals surface area contributed by atoms with Crippen molar-refractivity contribution < 1.29 is 28.5 Å². The van der Waals surface area contributed by atoms with Crippen LogP contribution in [0.2, 0.25) is 0 Å². The van der Waals surface area contributed by atoms with Crippen molar-refractivity contribution in [2.75, 3.05) is 26.4 Å². The predicted octanol–water partition coefficient (Wildman–Crippen LogP) is 8.96. The summed E-state index contributed by atoms with van der Waals surface area (Å²) in [5, 5.41) is 6.14. The zero-order chi connectivity index (χ0) is 36.7. The Kier molecular flexibility index (Phi) is 11.9. The van der Waals surface area contributed by atoms with Crippen LogP contribution < -0.4 is 10.1 Å². The van der Waals surface area contributed by atoms with Gasteiger partial charge in [0.25, 0.3) is 0 Å². The number of carbonyl (C=O) groups is 2. The van der Waals surface area contributed by atoms with Gasteiger partial charge >= 0.3 is 6.09 Å². The summed E-state index contributed by atoms with van der Waals surface area (Å²) in [4.78, 5) is 30.2. The molecule has 272 valence electrons. The summed E-state index contributed by atoms with van der Waals surface area (Å²) in [6, 6.07) is 31.3. The van der Waals surface area contributed by atoms with E-state index in [9.17, 15) is 9.59 Å². The molecule has 52 heavy (non-hydrogen) atoms. The third-order valence-corrected chi connectivity index (χ3v) is 10.0. The molecule has 1 aliphatic carbocycles. The van der Waals surface area contributed by atoms with E-state index in [1.807, 2.05) is 95.3 Å². The quantitative estimate of drug-likeness (QED) is 0.109. The van der Waals surface area contributed by atoms with Gasteiger partial charge < -0.3 is 29.2 Å². The normalized spacial score (nSPS) is 13.1. The van der Waals surface area contributed by atoms with Gasteiger partial charge in [0.05, 0.1) is 6.54 Å². The summed E-state index contributed by atoms with van der Waals surface area (Å²) >= 11 is 1.64. The van der Waals surface area contributed by atoms with Crippen LogP contribution in [0.5, 0.6) is 5.75 Å². The molecule has 1 aromatic heterocycles. The lowest BCUT2D eigenvalue weighted by atomic mass is 9.98. The SMILES string of the molecule is CCOC(CN(Cc1csc2ccccc12)C(=O)C(Cc1ccc(OC(C)(C)C)cc1)NC(=O)OCC1c2ccccc2-c2ccccc21)OCC. The zero-order valence-electron chi connectivity index (χ0n) is 30.6. The van der Waals surface area contributed by atoms with E-state index in [0.717, 1.165) is 49.2 Å². The van der Waals surface area contributed by atoms with Crippen molar-refractivity contribution in [3.05, 3.63) is 125 Å². The van der Waals surface area contributed by atoms with Crippen LogP contribution in [0.4, 0.5) is 4.79 Å². The summed E-state index contributed by atoms with van der Waals surface area (Å²) in [6.07, 6.45) is -1.04. The monoisotopic (exact) mass is 720 g/mol. The van der Waals surface area contributed by atoms with Crippen molar-refractivity contribution in [1.29, 1.82) is 0 Å². The molecule has 1 unspecified atom stereocenters. The largest absolute Gasteiger partial charge is 0.488 e. The maximum atomic E-state index is 14.8. The average molecular weight is 721 g/mol. The first-order valence-electron chi connectivity index (χ1n) is 18.0. The van der Waals surface area contributed by atoms with E-state index in [1.54, 1.807) is 16.2 Å². The minimum atomic E-state index is -0.932. The van der Waals surface area contributed by atoms with Gasteiger partial charge in [-0.1, -0.05) is 78.9 Å². The highest BCUT2D eigenvalue weighted by Crippen LogP contribution is 2.44. The molecular formula is C43H48N2O6S. The first-order chi connectivity index (χ1) is 25.1. The molecule has 0 saturated heterocycles. The van der Waals surface area contributed by atoms with Crippen LogP contribution in [-0.2, 0) is 32.0 Å². The molecule has 0 saturated carbocycles. The Morgan fingerprint density at radius 2 is 1.44 bits per heavy atom. The van der Waals surface area contributed by atoms with E-state index in [2.05, 4.69) is 47.1 Å². The lowest BCUT2D eigenvalue weighted by molar-refractivity contribution is -0.160. The van der Waals surface area contributed by atoms with Gasteiger partial charge in [-0.25, -0.2) is 4.79 Å². The Hall–Kier alpha value is -4.70. The van der Waals surface area contributed by atoms with Gasteiger partial charge in [0.2, 0.25) is 5.91 Å². The van der Waals surface area contributed by atoms with Crippen molar-refractivity contribution >= 4 is 33.4 Å². The summed E-state index contributed by atoms with van der Waals surface area (Å²) < 4.78 is 25.0. The fourth-order valence-electron chi connectivity index (χ4n) is 6.78. The van der Waals surface area contributed by atoms with E-state index in [4.69, 9.17) is 18.9 Å².